The van der Waals surface area contributed by atoms with E-state index in [9.17, 15) is 9.90 Å². The lowest BCUT2D eigenvalue weighted by atomic mass is 10.1. The van der Waals surface area contributed by atoms with Gasteiger partial charge in [0, 0.05) is 35.9 Å². The van der Waals surface area contributed by atoms with Crippen LogP contribution in [-0.2, 0) is 0 Å². The van der Waals surface area contributed by atoms with Gasteiger partial charge >= 0.3 is 0 Å². The molecule has 1 aromatic carbocycles. The summed E-state index contributed by atoms with van der Waals surface area (Å²) in [4.78, 5) is 17.4. The highest BCUT2D eigenvalue weighted by Gasteiger charge is 2.24. The van der Waals surface area contributed by atoms with Gasteiger partial charge in [-0.15, -0.1) is 0 Å². The molecule has 0 aliphatic carbocycles. The molecule has 1 aromatic heterocycles. The van der Waals surface area contributed by atoms with Crippen LogP contribution >= 0.6 is 0 Å². The SMILES string of the molecule is Nc1ccc2[nH]cc(C(=O)N3CCC(O)CC3)c2c1. The molecule has 0 bridgehead atoms. The highest BCUT2D eigenvalue weighted by atomic mass is 16.3. The molecule has 0 spiro atoms. The first kappa shape index (κ1) is 12.0. The zero-order chi connectivity index (χ0) is 13.4. The van der Waals surface area contributed by atoms with Crippen LogP contribution in [0.2, 0.25) is 0 Å². The number of nitrogens with zero attached hydrogens (tertiary/aromatic N) is 1. The zero-order valence-electron chi connectivity index (χ0n) is 10.6. The Morgan fingerprint density at radius 2 is 2.11 bits per heavy atom. The molecule has 100 valence electrons. The predicted octanol–water partition coefficient (Wildman–Crippen LogP) is 1.35. The third kappa shape index (κ3) is 2.17. The minimum absolute atomic E-state index is 0.00347. The summed E-state index contributed by atoms with van der Waals surface area (Å²) >= 11 is 0. The number of likely N-dealkylation sites (tertiary alicyclic amines) is 1. The standard InChI is InChI=1S/C14H17N3O2/c15-9-1-2-13-11(7-9)12(8-16-13)14(19)17-5-3-10(18)4-6-17/h1-2,7-8,10,16,18H,3-6,15H2. The van der Waals surface area contributed by atoms with Gasteiger partial charge in [0.25, 0.3) is 5.91 Å². The summed E-state index contributed by atoms with van der Waals surface area (Å²) in [5, 5.41) is 10.3. The summed E-state index contributed by atoms with van der Waals surface area (Å²) in [5.41, 5.74) is 7.99. The number of benzene rings is 1. The van der Waals surface area contributed by atoms with Crippen molar-refractivity contribution < 1.29 is 9.90 Å². The number of carbonyl (C=O) groups excluding carboxylic acids is 1. The van der Waals surface area contributed by atoms with Crippen LogP contribution < -0.4 is 5.73 Å². The highest BCUT2D eigenvalue weighted by Crippen LogP contribution is 2.23. The molecule has 5 heteroatoms. The van der Waals surface area contributed by atoms with Gasteiger partial charge in [0.05, 0.1) is 11.7 Å². The Morgan fingerprint density at radius 3 is 2.84 bits per heavy atom. The fraction of sp³-hybridized carbons (Fsp3) is 0.357. The van der Waals surface area contributed by atoms with Crippen molar-refractivity contribution in [1.82, 2.24) is 9.88 Å². The molecule has 0 saturated carbocycles. The van der Waals surface area contributed by atoms with Gasteiger partial charge in [0.15, 0.2) is 0 Å². The number of aliphatic hydroxyl groups is 1. The van der Waals surface area contributed by atoms with E-state index in [1.807, 2.05) is 18.2 Å². The molecule has 0 unspecified atom stereocenters. The second-order valence-corrected chi connectivity index (χ2v) is 5.03. The summed E-state index contributed by atoms with van der Waals surface area (Å²) in [5.74, 6) is 0.00347. The van der Waals surface area contributed by atoms with Crippen LogP contribution in [0.1, 0.15) is 23.2 Å². The number of nitrogens with two attached hydrogens (primary N) is 1. The molecule has 0 radical (unpaired) electrons. The van der Waals surface area contributed by atoms with E-state index < -0.39 is 0 Å². The number of anilines is 1. The number of piperidine rings is 1. The van der Waals surface area contributed by atoms with Gasteiger partial charge in [0.1, 0.15) is 0 Å². The van der Waals surface area contributed by atoms with Crippen molar-refractivity contribution in [3.05, 3.63) is 30.0 Å². The maximum absolute atomic E-state index is 12.5. The van der Waals surface area contributed by atoms with Crippen LogP contribution in [0.4, 0.5) is 5.69 Å². The van der Waals surface area contributed by atoms with Crippen molar-refractivity contribution >= 4 is 22.5 Å². The topological polar surface area (TPSA) is 82.4 Å². The van der Waals surface area contributed by atoms with Crippen molar-refractivity contribution in [1.29, 1.82) is 0 Å². The lowest BCUT2D eigenvalue weighted by Crippen LogP contribution is -2.39. The third-order valence-electron chi connectivity index (χ3n) is 3.69. The number of aromatic nitrogens is 1. The Hall–Kier alpha value is -2.01. The average Bonchev–Trinajstić information content (AvgIpc) is 2.81. The molecular formula is C14H17N3O2. The number of nitrogen functional groups attached to an aromatic ring is 1. The van der Waals surface area contributed by atoms with Crippen LogP contribution in [0.15, 0.2) is 24.4 Å². The van der Waals surface area contributed by atoms with Crippen molar-refractivity contribution in [2.45, 2.75) is 18.9 Å². The number of fused-ring (bicyclic) bond motifs is 1. The monoisotopic (exact) mass is 259 g/mol. The fourth-order valence-corrected chi connectivity index (χ4v) is 2.55. The van der Waals surface area contributed by atoms with Gasteiger partial charge in [-0.3, -0.25) is 4.79 Å². The minimum atomic E-state index is -0.275. The molecule has 1 amide bonds. The predicted molar refractivity (Wildman–Crippen MR) is 73.9 cm³/mol. The van der Waals surface area contributed by atoms with Crippen LogP contribution in [0.3, 0.4) is 0 Å². The van der Waals surface area contributed by atoms with E-state index in [0.29, 0.717) is 37.2 Å². The number of hydrogen-bond acceptors (Lipinski definition) is 3. The molecule has 4 N–H and O–H groups in total. The van der Waals surface area contributed by atoms with Gasteiger partial charge in [-0.2, -0.15) is 0 Å². The van der Waals surface area contributed by atoms with Crippen molar-refractivity contribution in [3.63, 3.8) is 0 Å². The normalized spacial score (nSPS) is 17.0. The van der Waals surface area contributed by atoms with Gasteiger partial charge in [0.2, 0.25) is 0 Å². The number of aromatic amines is 1. The lowest BCUT2D eigenvalue weighted by molar-refractivity contribution is 0.0548. The Morgan fingerprint density at radius 1 is 1.37 bits per heavy atom. The zero-order valence-corrected chi connectivity index (χ0v) is 10.6. The van der Waals surface area contributed by atoms with Crippen molar-refractivity contribution in [2.75, 3.05) is 18.8 Å². The molecule has 3 rings (SSSR count). The van der Waals surface area contributed by atoms with Gasteiger partial charge in [-0.05, 0) is 31.0 Å². The van der Waals surface area contributed by atoms with Crippen LogP contribution in [0.5, 0.6) is 0 Å². The molecule has 2 heterocycles. The second kappa shape index (κ2) is 4.59. The second-order valence-electron chi connectivity index (χ2n) is 5.03. The largest absolute Gasteiger partial charge is 0.399 e. The molecule has 2 aromatic rings. The Kier molecular flexibility index (Phi) is 2.91. The van der Waals surface area contributed by atoms with Crippen molar-refractivity contribution in [3.8, 4) is 0 Å². The lowest BCUT2D eigenvalue weighted by Gasteiger charge is -2.29. The molecule has 1 aliphatic rings. The number of H-pyrrole nitrogens is 1. The van der Waals surface area contributed by atoms with E-state index >= 15 is 0 Å². The van der Waals surface area contributed by atoms with E-state index in [2.05, 4.69) is 4.98 Å². The molecule has 1 fully saturated rings. The molecular weight excluding hydrogens is 242 g/mol. The maximum atomic E-state index is 12.5. The van der Waals surface area contributed by atoms with Crippen LogP contribution in [0.25, 0.3) is 10.9 Å². The average molecular weight is 259 g/mol. The third-order valence-corrected chi connectivity index (χ3v) is 3.69. The van der Waals surface area contributed by atoms with Crippen LogP contribution in [-0.4, -0.2) is 40.1 Å². The first-order chi connectivity index (χ1) is 9.15. The summed E-state index contributed by atoms with van der Waals surface area (Å²) < 4.78 is 0. The smallest absolute Gasteiger partial charge is 0.256 e. The number of hydrogen-bond donors (Lipinski definition) is 3. The number of nitrogens with one attached hydrogen (secondary N) is 1. The molecule has 0 atom stereocenters. The number of aliphatic hydroxyl groups excluding tert-OH is 1. The van der Waals surface area contributed by atoms with E-state index in [1.165, 1.54) is 0 Å². The van der Waals surface area contributed by atoms with E-state index in [4.69, 9.17) is 5.73 Å². The fourth-order valence-electron chi connectivity index (χ4n) is 2.55. The number of amides is 1. The summed E-state index contributed by atoms with van der Waals surface area (Å²) in [6, 6.07) is 5.50. The first-order valence-electron chi connectivity index (χ1n) is 6.49. The first-order valence-corrected chi connectivity index (χ1v) is 6.49. The number of rotatable bonds is 1. The van der Waals surface area contributed by atoms with Gasteiger partial charge in [-0.25, -0.2) is 0 Å². The minimum Gasteiger partial charge on any atom is -0.399 e. The quantitative estimate of drug-likeness (QED) is 0.676. The highest BCUT2D eigenvalue weighted by molar-refractivity contribution is 6.07. The Balaban J connectivity index is 1.91. The Bertz CT molecular complexity index is 612. The van der Waals surface area contributed by atoms with E-state index in [1.54, 1.807) is 11.1 Å². The van der Waals surface area contributed by atoms with E-state index in [0.717, 1.165) is 10.9 Å². The molecule has 1 saturated heterocycles. The molecule has 1 aliphatic heterocycles. The Labute approximate surface area is 111 Å². The van der Waals surface area contributed by atoms with Gasteiger partial charge < -0.3 is 20.7 Å². The van der Waals surface area contributed by atoms with Crippen molar-refractivity contribution in [2.24, 2.45) is 0 Å². The molecule has 19 heavy (non-hydrogen) atoms. The molecule has 5 nitrogen and oxygen atoms in total. The summed E-state index contributed by atoms with van der Waals surface area (Å²) in [7, 11) is 0. The van der Waals surface area contributed by atoms with Gasteiger partial charge in [-0.1, -0.05) is 0 Å². The number of carbonyl (C=O) groups is 1. The van der Waals surface area contributed by atoms with Crippen LogP contribution in [0, 0.1) is 0 Å². The summed E-state index contributed by atoms with van der Waals surface area (Å²) in [6.07, 6.45) is 2.76. The maximum Gasteiger partial charge on any atom is 0.256 e. The summed E-state index contributed by atoms with van der Waals surface area (Å²) in [6.45, 7) is 1.21. The van der Waals surface area contributed by atoms with E-state index in [-0.39, 0.29) is 12.0 Å².